The third kappa shape index (κ3) is 2.58. The van der Waals surface area contributed by atoms with Gasteiger partial charge in [-0.05, 0) is 32.9 Å². The maximum Gasteiger partial charge on any atom is 0.0906 e. The molecule has 2 heteroatoms. The van der Waals surface area contributed by atoms with Crippen LogP contribution in [0.15, 0.2) is 18.2 Å². The van der Waals surface area contributed by atoms with Crippen molar-refractivity contribution < 1.29 is 5.11 Å². The minimum absolute atomic E-state index is 0.0544. The Morgan fingerprint density at radius 2 is 1.73 bits per heavy atom. The molecule has 0 amide bonds. The van der Waals surface area contributed by atoms with Crippen molar-refractivity contribution in [3.05, 3.63) is 34.9 Å². The van der Waals surface area contributed by atoms with Crippen LogP contribution in [-0.4, -0.2) is 11.7 Å². The van der Waals surface area contributed by atoms with E-state index in [1.807, 2.05) is 39.8 Å². The van der Waals surface area contributed by atoms with Gasteiger partial charge < -0.3 is 10.8 Å². The smallest absolute Gasteiger partial charge is 0.0906 e. The van der Waals surface area contributed by atoms with Crippen LogP contribution in [0.4, 0.5) is 0 Å². The van der Waals surface area contributed by atoms with Gasteiger partial charge in [0, 0.05) is 5.92 Å². The molecular formula is C13H21NO. The molecular weight excluding hydrogens is 186 g/mol. The van der Waals surface area contributed by atoms with E-state index in [9.17, 15) is 5.11 Å². The van der Waals surface area contributed by atoms with Crippen LogP contribution < -0.4 is 5.73 Å². The largest absolute Gasteiger partial charge is 0.385 e. The molecule has 0 fully saturated rings. The molecule has 2 nitrogen and oxygen atoms in total. The zero-order valence-electron chi connectivity index (χ0n) is 10.0. The third-order valence-corrected chi connectivity index (χ3v) is 3.12. The van der Waals surface area contributed by atoms with Crippen molar-refractivity contribution in [2.75, 3.05) is 6.54 Å². The molecule has 1 aromatic rings. The fourth-order valence-electron chi connectivity index (χ4n) is 1.78. The van der Waals surface area contributed by atoms with E-state index < -0.39 is 5.60 Å². The van der Waals surface area contributed by atoms with E-state index in [2.05, 4.69) is 6.07 Å². The molecule has 0 saturated carbocycles. The zero-order valence-corrected chi connectivity index (χ0v) is 10.0. The fraction of sp³-hybridized carbons (Fsp3) is 0.538. The molecule has 0 aromatic heterocycles. The Hall–Kier alpha value is -0.860. The molecule has 0 aliphatic rings. The number of hydrogen-bond acceptors (Lipinski definition) is 2. The number of aryl methyl sites for hydroxylation is 2. The lowest BCUT2D eigenvalue weighted by Crippen LogP contribution is -2.34. The Morgan fingerprint density at radius 3 is 2.13 bits per heavy atom. The van der Waals surface area contributed by atoms with Crippen molar-refractivity contribution in [2.24, 2.45) is 11.7 Å². The minimum atomic E-state index is -0.842. The molecule has 1 aromatic carbocycles. The number of aliphatic hydroxyl groups is 1. The average Bonchev–Trinajstić information content (AvgIpc) is 2.15. The lowest BCUT2D eigenvalue weighted by Gasteiger charge is -2.30. The monoisotopic (exact) mass is 207 g/mol. The molecule has 15 heavy (non-hydrogen) atoms. The van der Waals surface area contributed by atoms with Crippen LogP contribution in [0.2, 0.25) is 0 Å². The topological polar surface area (TPSA) is 46.2 Å². The van der Waals surface area contributed by atoms with Crippen molar-refractivity contribution in [2.45, 2.75) is 33.3 Å². The SMILES string of the molecule is Cc1cc(C)cc(C(C)(O)C(C)CN)c1. The first-order valence-corrected chi connectivity index (χ1v) is 5.39. The van der Waals surface area contributed by atoms with E-state index in [1.165, 1.54) is 11.1 Å². The van der Waals surface area contributed by atoms with Gasteiger partial charge in [-0.25, -0.2) is 0 Å². The summed E-state index contributed by atoms with van der Waals surface area (Å²) < 4.78 is 0. The molecule has 3 N–H and O–H groups in total. The van der Waals surface area contributed by atoms with Crippen LogP contribution in [-0.2, 0) is 5.60 Å². The Morgan fingerprint density at radius 1 is 1.27 bits per heavy atom. The molecule has 0 aliphatic heterocycles. The molecule has 0 spiro atoms. The summed E-state index contributed by atoms with van der Waals surface area (Å²) in [7, 11) is 0. The summed E-state index contributed by atoms with van der Waals surface area (Å²) in [5.74, 6) is 0.0544. The highest BCUT2D eigenvalue weighted by molar-refractivity contribution is 5.32. The lowest BCUT2D eigenvalue weighted by atomic mass is 9.83. The molecule has 2 atom stereocenters. The van der Waals surface area contributed by atoms with Crippen LogP contribution in [0, 0.1) is 19.8 Å². The van der Waals surface area contributed by atoms with Crippen LogP contribution in [0.5, 0.6) is 0 Å². The van der Waals surface area contributed by atoms with Gasteiger partial charge in [0.25, 0.3) is 0 Å². The van der Waals surface area contributed by atoms with Crippen molar-refractivity contribution in [1.29, 1.82) is 0 Å². The Labute approximate surface area is 92.1 Å². The van der Waals surface area contributed by atoms with Gasteiger partial charge in [0.05, 0.1) is 5.60 Å². The van der Waals surface area contributed by atoms with Crippen molar-refractivity contribution in [1.82, 2.24) is 0 Å². The Bertz CT molecular complexity index is 324. The summed E-state index contributed by atoms with van der Waals surface area (Å²) in [5, 5.41) is 10.4. The molecule has 84 valence electrons. The summed E-state index contributed by atoms with van der Waals surface area (Å²) in [6.07, 6.45) is 0. The van der Waals surface area contributed by atoms with E-state index in [4.69, 9.17) is 5.73 Å². The highest BCUT2D eigenvalue weighted by Crippen LogP contribution is 2.29. The Balaban J connectivity index is 3.14. The summed E-state index contributed by atoms with van der Waals surface area (Å²) in [6, 6.07) is 6.16. The van der Waals surface area contributed by atoms with E-state index >= 15 is 0 Å². The van der Waals surface area contributed by atoms with Gasteiger partial charge in [0.1, 0.15) is 0 Å². The maximum atomic E-state index is 10.4. The quantitative estimate of drug-likeness (QED) is 0.797. The molecule has 0 saturated heterocycles. The second-order valence-corrected chi connectivity index (χ2v) is 4.66. The summed E-state index contributed by atoms with van der Waals surface area (Å²) >= 11 is 0. The van der Waals surface area contributed by atoms with Gasteiger partial charge in [0.15, 0.2) is 0 Å². The molecule has 1 rings (SSSR count). The number of hydrogen-bond donors (Lipinski definition) is 2. The van der Waals surface area contributed by atoms with Crippen LogP contribution in [0.1, 0.15) is 30.5 Å². The van der Waals surface area contributed by atoms with Crippen molar-refractivity contribution >= 4 is 0 Å². The normalized spacial score (nSPS) is 17.2. The first kappa shape index (κ1) is 12.2. The van der Waals surface area contributed by atoms with Gasteiger partial charge in [-0.15, -0.1) is 0 Å². The maximum absolute atomic E-state index is 10.4. The highest BCUT2D eigenvalue weighted by atomic mass is 16.3. The first-order valence-electron chi connectivity index (χ1n) is 5.39. The van der Waals surface area contributed by atoms with Gasteiger partial charge in [-0.1, -0.05) is 36.2 Å². The predicted molar refractivity (Wildman–Crippen MR) is 63.7 cm³/mol. The van der Waals surface area contributed by atoms with Gasteiger partial charge in [-0.3, -0.25) is 0 Å². The first-order chi connectivity index (χ1) is 6.87. The molecule has 0 radical (unpaired) electrons. The molecule has 0 heterocycles. The number of rotatable bonds is 3. The summed E-state index contributed by atoms with van der Waals surface area (Å²) in [6.45, 7) is 8.37. The molecule has 2 unspecified atom stereocenters. The molecule has 0 bridgehead atoms. The van der Waals surface area contributed by atoms with Crippen LogP contribution in [0.25, 0.3) is 0 Å². The van der Waals surface area contributed by atoms with E-state index in [0.717, 1.165) is 5.56 Å². The summed E-state index contributed by atoms with van der Waals surface area (Å²) in [5.41, 5.74) is 8.08. The lowest BCUT2D eigenvalue weighted by molar-refractivity contribution is 0.00509. The second kappa shape index (κ2) is 4.33. The highest BCUT2D eigenvalue weighted by Gasteiger charge is 2.29. The van der Waals surface area contributed by atoms with Crippen LogP contribution >= 0.6 is 0 Å². The predicted octanol–water partition coefficient (Wildman–Crippen LogP) is 2.11. The van der Waals surface area contributed by atoms with E-state index in [0.29, 0.717) is 6.54 Å². The molecule has 0 aliphatic carbocycles. The number of benzene rings is 1. The van der Waals surface area contributed by atoms with Gasteiger partial charge in [0.2, 0.25) is 0 Å². The Kier molecular flexibility index (Phi) is 3.53. The minimum Gasteiger partial charge on any atom is -0.385 e. The summed E-state index contributed by atoms with van der Waals surface area (Å²) in [4.78, 5) is 0. The zero-order chi connectivity index (χ0) is 11.6. The second-order valence-electron chi connectivity index (χ2n) is 4.66. The number of nitrogens with two attached hydrogens (primary N) is 1. The van der Waals surface area contributed by atoms with Crippen LogP contribution in [0.3, 0.4) is 0 Å². The van der Waals surface area contributed by atoms with Gasteiger partial charge in [-0.2, -0.15) is 0 Å². The van der Waals surface area contributed by atoms with Crippen molar-refractivity contribution in [3.8, 4) is 0 Å². The van der Waals surface area contributed by atoms with Gasteiger partial charge >= 0.3 is 0 Å². The fourth-order valence-corrected chi connectivity index (χ4v) is 1.78. The average molecular weight is 207 g/mol. The van der Waals surface area contributed by atoms with E-state index in [-0.39, 0.29) is 5.92 Å². The third-order valence-electron chi connectivity index (χ3n) is 3.12. The standard InChI is InChI=1S/C13H21NO/c1-9-5-10(2)7-12(6-9)13(4,15)11(3)8-14/h5-7,11,15H,8,14H2,1-4H3. The van der Waals surface area contributed by atoms with Crippen molar-refractivity contribution in [3.63, 3.8) is 0 Å². The van der Waals surface area contributed by atoms with E-state index in [1.54, 1.807) is 0 Å².